The summed E-state index contributed by atoms with van der Waals surface area (Å²) >= 11 is 6.38. The SMILES string of the molecule is COc1cc2c(cc1Nc1ncc(Cl)c(Nc3ccccc3S(=O)(=O)C(C)C)n1)CCC(N)C2(C)C. The van der Waals surface area contributed by atoms with E-state index in [0.717, 1.165) is 18.5 Å². The van der Waals surface area contributed by atoms with Gasteiger partial charge in [0.25, 0.3) is 0 Å². The van der Waals surface area contributed by atoms with E-state index in [1.165, 1.54) is 17.3 Å². The minimum absolute atomic E-state index is 0.0733. The highest BCUT2D eigenvalue weighted by atomic mass is 35.5. The van der Waals surface area contributed by atoms with Crippen LogP contribution in [-0.2, 0) is 21.7 Å². The molecule has 4 rings (SSSR count). The molecule has 0 spiro atoms. The fraction of sp³-hybridized carbons (Fsp3) is 0.385. The van der Waals surface area contributed by atoms with E-state index in [2.05, 4.69) is 40.5 Å². The zero-order valence-electron chi connectivity index (χ0n) is 21.1. The van der Waals surface area contributed by atoms with Gasteiger partial charge in [-0.1, -0.05) is 37.6 Å². The van der Waals surface area contributed by atoms with Crippen molar-refractivity contribution >= 4 is 44.6 Å². The summed E-state index contributed by atoms with van der Waals surface area (Å²) < 4.78 is 31.4. The normalized spacial score (nSPS) is 16.9. The summed E-state index contributed by atoms with van der Waals surface area (Å²) in [6.45, 7) is 7.60. The summed E-state index contributed by atoms with van der Waals surface area (Å²) in [4.78, 5) is 9.02. The van der Waals surface area contributed by atoms with Crippen LogP contribution < -0.4 is 21.1 Å². The van der Waals surface area contributed by atoms with Gasteiger partial charge in [0.1, 0.15) is 10.8 Å². The molecule has 1 atom stereocenters. The highest BCUT2D eigenvalue weighted by molar-refractivity contribution is 7.92. The maximum Gasteiger partial charge on any atom is 0.229 e. The number of aryl methyl sites for hydroxylation is 1. The second kappa shape index (κ2) is 9.88. The number of sulfone groups is 1. The Labute approximate surface area is 217 Å². The molecule has 1 aromatic heterocycles. The van der Waals surface area contributed by atoms with Crippen molar-refractivity contribution in [3.05, 3.63) is 58.7 Å². The minimum Gasteiger partial charge on any atom is -0.495 e. The third-order valence-corrected chi connectivity index (χ3v) is 9.32. The Balaban J connectivity index is 1.68. The molecule has 10 heteroatoms. The van der Waals surface area contributed by atoms with Crippen LogP contribution in [0.4, 0.5) is 23.1 Å². The lowest BCUT2D eigenvalue weighted by atomic mass is 9.69. The number of aromatic nitrogens is 2. The second-order valence-corrected chi connectivity index (χ2v) is 12.7. The van der Waals surface area contributed by atoms with E-state index in [1.54, 1.807) is 45.2 Å². The molecule has 0 amide bonds. The number of ether oxygens (including phenoxy) is 1. The molecular formula is C26H32ClN5O3S. The van der Waals surface area contributed by atoms with E-state index in [-0.39, 0.29) is 33.1 Å². The van der Waals surface area contributed by atoms with Gasteiger partial charge in [0.2, 0.25) is 5.95 Å². The molecule has 0 bridgehead atoms. The van der Waals surface area contributed by atoms with Crippen LogP contribution in [0.5, 0.6) is 5.75 Å². The van der Waals surface area contributed by atoms with Gasteiger partial charge >= 0.3 is 0 Å². The molecule has 3 aromatic rings. The van der Waals surface area contributed by atoms with Crippen LogP contribution in [0, 0.1) is 0 Å². The van der Waals surface area contributed by atoms with Crippen LogP contribution in [0.25, 0.3) is 0 Å². The lowest BCUT2D eigenvalue weighted by Crippen LogP contribution is -2.44. The van der Waals surface area contributed by atoms with Gasteiger partial charge in [-0.15, -0.1) is 0 Å². The number of benzene rings is 2. The number of anilines is 4. The third kappa shape index (κ3) is 4.87. The van der Waals surface area contributed by atoms with Crippen molar-refractivity contribution in [1.82, 2.24) is 9.97 Å². The standard InChI is InChI=1S/C26H32ClN5O3S/c1-15(2)36(33,34)22-9-7-6-8-19(22)30-24-18(27)14-29-25(32-24)31-20-12-16-10-11-23(28)26(3,4)17(16)13-21(20)35-5/h6-9,12-15,23H,10-11,28H2,1-5H3,(H2,29,30,31,32). The number of nitrogens with two attached hydrogens (primary N) is 1. The predicted octanol–water partition coefficient (Wildman–Crippen LogP) is 5.36. The first kappa shape index (κ1) is 26.2. The van der Waals surface area contributed by atoms with E-state index >= 15 is 0 Å². The number of hydrogen-bond donors (Lipinski definition) is 3. The summed E-state index contributed by atoms with van der Waals surface area (Å²) in [7, 11) is -1.91. The Morgan fingerprint density at radius 1 is 1.17 bits per heavy atom. The molecule has 0 aliphatic heterocycles. The first-order chi connectivity index (χ1) is 16.9. The minimum atomic E-state index is -3.52. The lowest BCUT2D eigenvalue weighted by molar-refractivity contribution is 0.359. The van der Waals surface area contributed by atoms with Gasteiger partial charge in [0.05, 0.1) is 34.8 Å². The largest absolute Gasteiger partial charge is 0.495 e. The molecule has 0 saturated heterocycles. The Kier molecular flexibility index (Phi) is 7.19. The number of hydrogen-bond acceptors (Lipinski definition) is 8. The molecule has 192 valence electrons. The summed E-state index contributed by atoms with van der Waals surface area (Å²) in [5.74, 6) is 1.22. The molecule has 4 N–H and O–H groups in total. The van der Waals surface area contributed by atoms with Gasteiger partial charge < -0.3 is 21.1 Å². The van der Waals surface area contributed by atoms with Crippen LogP contribution in [0.2, 0.25) is 5.02 Å². The number of halogens is 1. The molecule has 0 radical (unpaired) electrons. The molecule has 1 heterocycles. The zero-order valence-corrected chi connectivity index (χ0v) is 22.7. The van der Waals surface area contributed by atoms with E-state index in [9.17, 15) is 8.42 Å². The Morgan fingerprint density at radius 3 is 2.58 bits per heavy atom. The van der Waals surface area contributed by atoms with Gasteiger partial charge in [0, 0.05) is 11.5 Å². The summed E-state index contributed by atoms with van der Waals surface area (Å²) in [5, 5.41) is 5.99. The van der Waals surface area contributed by atoms with Crippen molar-refractivity contribution in [1.29, 1.82) is 0 Å². The molecule has 0 fully saturated rings. The summed E-state index contributed by atoms with van der Waals surface area (Å²) in [6.07, 6.45) is 3.23. The molecule has 8 nitrogen and oxygen atoms in total. The first-order valence-corrected chi connectivity index (χ1v) is 13.7. The molecule has 1 unspecified atom stereocenters. The van der Waals surface area contributed by atoms with Crippen molar-refractivity contribution in [3.63, 3.8) is 0 Å². The fourth-order valence-electron chi connectivity index (χ4n) is 4.40. The molecule has 0 saturated carbocycles. The number of rotatable bonds is 7. The average molecular weight is 530 g/mol. The van der Waals surface area contributed by atoms with Gasteiger partial charge in [-0.3, -0.25) is 0 Å². The molecule has 2 aromatic carbocycles. The second-order valence-electron chi connectivity index (χ2n) is 9.81. The highest BCUT2D eigenvalue weighted by Crippen LogP contribution is 2.41. The number of nitrogens with zero attached hydrogens (tertiary/aromatic N) is 2. The van der Waals surface area contributed by atoms with Gasteiger partial charge in [0.15, 0.2) is 15.7 Å². The number of methoxy groups -OCH3 is 1. The predicted molar refractivity (Wildman–Crippen MR) is 145 cm³/mol. The molecule has 36 heavy (non-hydrogen) atoms. The Bertz CT molecular complexity index is 1390. The topological polar surface area (TPSA) is 119 Å². The first-order valence-electron chi connectivity index (χ1n) is 11.8. The highest BCUT2D eigenvalue weighted by Gasteiger charge is 2.35. The van der Waals surface area contributed by atoms with Crippen molar-refractivity contribution in [3.8, 4) is 5.75 Å². The van der Waals surface area contributed by atoms with Crippen molar-refractivity contribution in [2.24, 2.45) is 5.73 Å². The van der Waals surface area contributed by atoms with Gasteiger partial charge in [-0.05, 0) is 62.1 Å². The maximum absolute atomic E-state index is 12.9. The van der Waals surface area contributed by atoms with Crippen LogP contribution in [-0.4, -0.2) is 36.8 Å². The molecule has 1 aliphatic carbocycles. The fourth-order valence-corrected chi connectivity index (χ4v) is 5.74. The Hall–Kier alpha value is -2.88. The van der Waals surface area contributed by atoms with Gasteiger partial charge in [-0.2, -0.15) is 4.98 Å². The summed E-state index contributed by atoms with van der Waals surface area (Å²) in [5.41, 5.74) is 9.71. The van der Waals surface area contributed by atoms with Gasteiger partial charge in [-0.25, -0.2) is 13.4 Å². The van der Waals surface area contributed by atoms with Crippen LogP contribution >= 0.6 is 11.6 Å². The number of para-hydroxylation sites is 1. The van der Waals surface area contributed by atoms with Crippen LogP contribution in [0.15, 0.2) is 47.5 Å². The lowest BCUT2D eigenvalue weighted by Gasteiger charge is -2.38. The molecule has 1 aliphatic rings. The third-order valence-electron chi connectivity index (χ3n) is 6.83. The Morgan fingerprint density at radius 2 is 1.89 bits per heavy atom. The smallest absolute Gasteiger partial charge is 0.229 e. The average Bonchev–Trinajstić information content (AvgIpc) is 2.83. The maximum atomic E-state index is 12.9. The van der Waals surface area contributed by atoms with Crippen molar-refractivity contribution in [2.45, 2.75) is 62.1 Å². The number of nitrogens with one attached hydrogen (secondary N) is 2. The monoisotopic (exact) mass is 529 g/mol. The zero-order chi connectivity index (χ0) is 26.3. The van der Waals surface area contributed by atoms with Crippen LogP contribution in [0.1, 0.15) is 45.2 Å². The van der Waals surface area contributed by atoms with Crippen LogP contribution in [0.3, 0.4) is 0 Å². The van der Waals surface area contributed by atoms with E-state index < -0.39 is 15.1 Å². The van der Waals surface area contributed by atoms with E-state index in [1.807, 2.05) is 6.07 Å². The summed E-state index contributed by atoms with van der Waals surface area (Å²) in [6, 6.07) is 10.8. The van der Waals surface area contributed by atoms with E-state index in [0.29, 0.717) is 11.4 Å². The quantitative estimate of drug-likeness (QED) is 0.374. The molecular weight excluding hydrogens is 498 g/mol. The number of fused-ring (bicyclic) bond motifs is 1. The van der Waals surface area contributed by atoms with Crippen molar-refractivity contribution in [2.75, 3.05) is 17.7 Å². The van der Waals surface area contributed by atoms with E-state index in [4.69, 9.17) is 22.1 Å². The van der Waals surface area contributed by atoms with Crippen molar-refractivity contribution < 1.29 is 13.2 Å².